The van der Waals surface area contributed by atoms with Gasteiger partial charge in [0.15, 0.2) is 11.5 Å². The van der Waals surface area contributed by atoms with Crippen molar-refractivity contribution >= 4 is 11.6 Å². The third kappa shape index (κ3) is 3.52. The highest BCUT2D eigenvalue weighted by atomic mass is 35.5. The molecule has 0 aliphatic carbocycles. The monoisotopic (exact) mass is 305 g/mol. The number of methoxy groups -OCH3 is 2. The number of piperidine rings is 1. The van der Waals surface area contributed by atoms with E-state index in [1.807, 2.05) is 4.90 Å². The SMILES string of the molecule is COc1cc(Cl)c(CN2CCC(F)(F)CC2)cc1OC. The number of alkyl halides is 2. The van der Waals surface area contributed by atoms with E-state index in [9.17, 15) is 8.78 Å². The minimum atomic E-state index is -2.53. The van der Waals surface area contributed by atoms with Gasteiger partial charge in [0.1, 0.15) is 0 Å². The summed E-state index contributed by atoms with van der Waals surface area (Å²) in [6, 6.07) is 3.49. The summed E-state index contributed by atoms with van der Waals surface area (Å²) in [6.07, 6.45) is -0.199. The first-order chi connectivity index (χ1) is 9.45. The van der Waals surface area contributed by atoms with Crippen molar-refractivity contribution in [1.29, 1.82) is 0 Å². The Morgan fingerprint density at radius 3 is 2.25 bits per heavy atom. The fourth-order valence-electron chi connectivity index (χ4n) is 2.30. The molecule has 6 heteroatoms. The molecule has 112 valence electrons. The number of ether oxygens (including phenoxy) is 2. The second-order valence-electron chi connectivity index (χ2n) is 4.93. The van der Waals surface area contributed by atoms with Crippen molar-refractivity contribution in [2.75, 3.05) is 27.3 Å². The van der Waals surface area contributed by atoms with Crippen molar-refractivity contribution < 1.29 is 18.3 Å². The quantitative estimate of drug-likeness (QED) is 0.848. The van der Waals surface area contributed by atoms with Gasteiger partial charge in [-0.25, -0.2) is 8.78 Å². The minimum Gasteiger partial charge on any atom is -0.493 e. The van der Waals surface area contributed by atoms with E-state index in [-0.39, 0.29) is 12.8 Å². The Bertz CT molecular complexity index is 472. The van der Waals surface area contributed by atoms with Crippen molar-refractivity contribution in [3.8, 4) is 11.5 Å². The molecule has 1 aromatic rings. The molecule has 1 saturated heterocycles. The lowest BCUT2D eigenvalue weighted by molar-refractivity contribution is -0.0566. The second-order valence-corrected chi connectivity index (χ2v) is 5.34. The largest absolute Gasteiger partial charge is 0.493 e. The van der Waals surface area contributed by atoms with Crippen molar-refractivity contribution in [1.82, 2.24) is 4.90 Å². The summed E-state index contributed by atoms with van der Waals surface area (Å²) in [5.74, 6) is -1.38. The fraction of sp³-hybridized carbons (Fsp3) is 0.571. The molecule has 0 aromatic heterocycles. The van der Waals surface area contributed by atoms with Crippen LogP contribution in [0.2, 0.25) is 5.02 Å². The summed E-state index contributed by atoms with van der Waals surface area (Å²) in [5.41, 5.74) is 0.856. The van der Waals surface area contributed by atoms with Crippen molar-refractivity contribution in [2.45, 2.75) is 25.3 Å². The number of likely N-dealkylation sites (tertiary alicyclic amines) is 1. The van der Waals surface area contributed by atoms with Crippen LogP contribution in [0.3, 0.4) is 0 Å². The van der Waals surface area contributed by atoms with Crippen LogP contribution in [-0.4, -0.2) is 38.1 Å². The molecular formula is C14H18ClF2NO2. The fourth-order valence-corrected chi connectivity index (χ4v) is 2.51. The molecule has 1 heterocycles. The molecule has 0 unspecified atom stereocenters. The molecule has 1 fully saturated rings. The summed E-state index contributed by atoms with van der Waals surface area (Å²) in [6.45, 7) is 1.28. The highest BCUT2D eigenvalue weighted by Gasteiger charge is 2.34. The van der Waals surface area contributed by atoms with Gasteiger partial charge in [0, 0.05) is 43.6 Å². The van der Waals surface area contributed by atoms with Crippen LogP contribution in [0.1, 0.15) is 18.4 Å². The average Bonchev–Trinajstić information content (AvgIpc) is 2.42. The van der Waals surface area contributed by atoms with Gasteiger partial charge in [0.05, 0.1) is 14.2 Å². The maximum absolute atomic E-state index is 13.1. The van der Waals surface area contributed by atoms with Crippen molar-refractivity contribution in [3.63, 3.8) is 0 Å². The molecule has 20 heavy (non-hydrogen) atoms. The molecular weight excluding hydrogens is 288 g/mol. The summed E-state index contributed by atoms with van der Waals surface area (Å²) in [4.78, 5) is 1.98. The molecule has 0 atom stereocenters. The van der Waals surface area contributed by atoms with E-state index in [1.54, 1.807) is 26.4 Å². The first-order valence-electron chi connectivity index (χ1n) is 6.46. The number of rotatable bonds is 4. The van der Waals surface area contributed by atoms with E-state index in [4.69, 9.17) is 21.1 Å². The molecule has 0 amide bonds. The predicted molar refractivity (Wildman–Crippen MR) is 74.0 cm³/mol. The van der Waals surface area contributed by atoms with E-state index >= 15 is 0 Å². The third-order valence-corrected chi connectivity index (χ3v) is 3.89. The average molecular weight is 306 g/mol. The van der Waals surface area contributed by atoms with E-state index in [0.29, 0.717) is 36.2 Å². The van der Waals surface area contributed by atoms with Crippen LogP contribution >= 0.6 is 11.6 Å². The van der Waals surface area contributed by atoms with Crippen LogP contribution in [0.15, 0.2) is 12.1 Å². The second kappa shape index (κ2) is 6.14. The Labute approximate surface area is 122 Å². The predicted octanol–water partition coefficient (Wildman–Crippen LogP) is 3.59. The first kappa shape index (κ1) is 15.3. The van der Waals surface area contributed by atoms with Crippen LogP contribution in [0, 0.1) is 0 Å². The van der Waals surface area contributed by atoms with Crippen LogP contribution in [-0.2, 0) is 6.54 Å². The normalized spacial score (nSPS) is 18.9. The summed E-state index contributed by atoms with van der Waals surface area (Å²) >= 11 is 6.20. The molecule has 0 N–H and O–H groups in total. The molecule has 0 spiro atoms. The molecule has 2 rings (SSSR count). The van der Waals surface area contributed by atoms with Gasteiger partial charge in [-0.3, -0.25) is 4.90 Å². The molecule has 1 aliphatic rings. The maximum Gasteiger partial charge on any atom is 0.250 e. The standard InChI is InChI=1S/C14H18ClF2NO2/c1-19-12-7-10(11(15)8-13(12)20-2)9-18-5-3-14(16,17)4-6-18/h7-8H,3-6,9H2,1-2H3. The van der Waals surface area contributed by atoms with E-state index in [1.165, 1.54) is 0 Å². The van der Waals surface area contributed by atoms with Crippen molar-refractivity contribution in [3.05, 3.63) is 22.7 Å². The highest BCUT2D eigenvalue weighted by Crippen LogP contribution is 2.35. The van der Waals surface area contributed by atoms with Gasteiger partial charge < -0.3 is 9.47 Å². The van der Waals surface area contributed by atoms with E-state index in [0.717, 1.165) is 5.56 Å². The molecule has 0 radical (unpaired) electrons. The Kier molecular flexibility index (Phi) is 4.70. The number of benzene rings is 1. The Morgan fingerprint density at radius 2 is 1.70 bits per heavy atom. The van der Waals surface area contributed by atoms with Gasteiger partial charge in [-0.15, -0.1) is 0 Å². The van der Waals surface area contributed by atoms with Crippen molar-refractivity contribution in [2.24, 2.45) is 0 Å². The first-order valence-corrected chi connectivity index (χ1v) is 6.83. The van der Waals surface area contributed by atoms with Crippen LogP contribution in [0.5, 0.6) is 11.5 Å². The molecule has 3 nitrogen and oxygen atoms in total. The number of hydrogen-bond donors (Lipinski definition) is 0. The highest BCUT2D eigenvalue weighted by molar-refractivity contribution is 6.31. The lowest BCUT2D eigenvalue weighted by Gasteiger charge is -2.31. The zero-order valence-corrected chi connectivity index (χ0v) is 12.3. The summed E-state index contributed by atoms with van der Waals surface area (Å²) < 4.78 is 36.6. The summed E-state index contributed by atoms with van der Waals surface area (Å²) in [5, 5.41) is 0.556. The van der Waals surface area contributed by atoms with Crippen LogP contribution in [0.25, 0.3) is 0 Å². The zero-order valence-electron chi connectivity index (χ0n) is 11.6. The lowest BCUT2D eigenvalue weighted by atomic mass is 10.1. The van der Waals surface area contributed by atoms with Crippen LogP contribution < -0.4 is 9.47 Å². The molecule has 0 bridgehead atoms. The van der Waals surface area contributed by atoms with Gasteiger partial charge in [-0.2, -0.15) is 0 Å². The number of halogens is 3. The zero-order chi connectivity index (χ0) is 14.8. The Morgan fingerprint density at radius 1 is 1.15 bits per heavy atom. The third-order valence-electron chi connectivity index (χ3n) is 3.53. The Hall–Kier alpha value is -1.07. The van der Waals surface area contributed by atoms with Gasteiger partial charge in [-0.05, 0) is 11.6 Å². The topological polar surface area (TPSA) is 21.7 Å². The lowest BCUT2D eigenvalue weighted by Crippen LogP contribution is -2.38. The van der Waals surface area contributed by atoms with E-state index in [2.05, 4.69) is 0 Å². The Balaban J connectivity index is 2.10. The van der Waals surface area contributed by atoms with Gasteiger partial charge in [-0.1, -0.05) is 11.6 Å². The molecule has 1 aliphatic heterocycles. The van der Waals surface area contributed by atoms with Gasteiger partial charge in [0.2, 0.25) is 0 Å². The van der Waals surface area contributed by atoms with E-state index < -0.39 is 5.92 Å². The number of hydrogen-bond acceptors (Lipinski definition) is 3. The van der Waals surface area contributed by atoms with Gasteiger partial charge >= 0.3 is 0 Å². The maximum atomic E-state index is 13.1. The summed E-state index contributed by atoms with van der Waals surface area (Å²) in [7, 11) is 3.09. The minimum absolute atomic E-state index is 0.0993. The van der Waals surface area contributed by atoms with Gasteiger partial charge in [0.25, 0.3) is 5.92 Å². The number of nitrogens with zero attached hydrogens (tertiary/aromatic N) is 1. The molecule has 0 saturated carbocycles. The van der Waals surface area contributed by atoms with Crippen LogP contribution in [0.4, 0.5) is 8.78 Å². The smallest absolute Gasteiger partial charge is 0.250 e. The molecule has 1 aromatic carbocycles.